The average Bonchev–Trinajstić information content (AvgIpc) is 2.89. The Bertz CT molecular complexity index is 514. The Morgan fingerprint density at radius 2 is 2.33 bits per heavy atom. The van der Waals surface area contributed by atoms with Crippen molar-refractivity contribution >= 4 is 23.1 Å². The van der Waals surface area contributed by atoms with Crippen LogP contribution in [0.4, 0.5) is 5.82 Å². The molecule has 2 rings (SSSR count). The van der Waals surface area contributed by atoms with Crippen LogP contribution in [-0.4, -0.2) is 27.6 Å². The molecule has 0 spiro atoms. The van der Waals surface area contributed by atoms with E-state index in [2.05, 4.69) is 15.3 Å². The minimum Gasteiger partial charge on any atom is -0.481 e. The van der Waals surface area contributed by atoms with Crippen LogP contribution < -0.4 is 5.32 Å². The monoisotopic (exact) mass is 263 g/mol. The van der Waals surface area contributed by atoms with Crippen molar-refractivity contribution in [3.8, 4) is 10.6 Å². The molecule has 94 valence electrons. The highest BCUT2D eigenvalue weighted by atomic mass is 32.1. The summed E-state index contributed by atoms with van der Waals surface area (Å²) in [5.41, 5.74) is 0.876. The van der Waals surface area contributed by atoms with Gasteiger partial charge in [-0.05, 0) is 17.9 Å². The van der Waals surface area contributed by atoms with Crippen LogP contribution in [0.3, 0.4) is 0 Å². The normalized spacial score (nSPS) is 10.2. The zero-order valence-electron chi connectivity index (χ0n) is 9.67. The van der Waals surface area contributed by atoms with Crippen LogP contribution in [0.15, 0.2) is 29.9 Å². The standard InChI is InChI=1S/C12H13N3O2S/c16-12(17)4-1-5-13-11-7-9(14-8-15-11)10-3-2-6-18-10/h2-3,6-8H,1,4-5H2,(H,16,17)(H,13,14,15). The molecular formula is C12H13N3O2S. The summed E-state index contributed by atoms with van der Waals surface area (Å²) < 4.78 is 0. The van der Waals surface area contributed by atoms with E-state index in [9.17, 15) is 4.79 Å². The van der Waals surface area contributed by atoms with Crippen LogP contribution in [0.1, 0.15) is 12.8 Å². The lowest BCUT2D eigenvalue weighted by atomic mass is 10.3. The summed E-state index contributed by atoms with van der Waals surface area (Å²) in [6.45, 7) is 0.590. The number of aromatic nitrogens is 2. The first-order valence-corrected chi connectivity index (χ1v) is 6.45. The van der Waals surface area contributed by atoms with E-state index in [-0.39, 0.29) is 6.42 Å². The van der Waals surface area contributed by atoms with E-state index in [4.69, 9.17) is 5.11 Å². The molecule has 6 heteroatoms. The number of nitrogens with zero attached hydrogens (tertiary/aromatic N) is 2. The third kappa shape index (κ3) is 3.53. The second kappa shape index (κ2) is 6.11. The Hall–Kier alpha value is -1.95. The molecule has 0 aromatic carbocycles. The highest BCUT2D eigenvalue weighted by Gasteiger charge is 2.02. The molecule has 2 aromatic heterocycles. The molecule has 0 atom stereocenters. The van der Waals surface area contributed by atoms with Gasteiger partial charge in [-0.25, -0.2) is 9.97 Å². The van der Waals surface area contributed by atoms with Crippen molar-refractivity contribution in [2.75, 3.05) is 11.9 Å². The fraction of sp³-hybridized carbons (Fsp3) is 0.250. The number of rotatable bonds is 6. The number of nitrogens with one attached hydrogen (secondary N) is 1. The maximum absolute atomic E-state index is 10.4. The predicted octanol–water partition coefficient (Wildman–Crippen LogP) is 2.48. The minimum absolute atomic E-state index is 0.163. The molecule has 0 aliphatic rings. The lowest BCUT2D eigenvalue weighted by Gasteiger charge is -2.05. The molecule has 0 saturated heterocycles. The Balaban J connectivity index is 1.94. The molecule has 2 heterocycles. The van der Waals surface area contributed by atoms with Crippen LogP contribution in [-0.2, 0) is 4.79 Å². The van der Waals surface area contributed by atoms with Gasteiger partial charge >= 0.3 is 5.97 Å². The van der Waals surface area contributed by atoms with E-state index in [1.807, 2.05) is 23.6 Å². The second-order valence-corrected chi connectivity index (χ2v) is 4.64. The Morgan fingerprint density at radius 1 is 1.44 bits per heavy atom. The second-order valence-electron chi connectivity index (χ2n) is 3.69. The number of thiophene rings is 1. The van der Waals surface area contributed by atoms with Gasteiger partial charge in [0, 0.05) is 19.0 Å². The summed E-state index contributed by atoms with van der Waals surface area (Å²) in [5.74, 6) is -0.0578. The van der Waals surface area contributed by atoms with Gasteiger partial charge in [-0.15, -0.1) is 11.3 Å². The molecule has 0 aliphatic carbocycles. The topological polar surface area (TPSA) is 75.1 Å². The first-order chi connectivity index (χ1) is 8.75. The fourth-order valence-corrected chi connectivity index (χ4v) is 2.16. The summed E-state index contributed by atoms with van der Waals surface area (Å²) in [6.07, 6.45) is 2.25. The smallest absolute Gasteiger partial charge is 0.303 e. The summed E-state index contributed by atoms with van der Waals surface area (Å²) in [7, 11) is 0. The van der Waals surface area contributed by atoms with Gasteiger partial charge < -0.3 is 10.4 Å². The third-order valence-corrected chi connectivity index (χ3v) is 3.21. The SMILES string of the molecule is O=C(O)CCCNc1cc(-c2cccs2)ncn1. The Kier molecular flexibility index (Phi) is 4.25. The van der Waals surface area contributed by atoms with Crippen LogP contribution in [0.25, 0.3) is 10.6 Å². The van der Waals surface area contributed by atoms with Crippen molar-refractivity contribution < 1.29 is 9.90 Å². The number of hydrogen-bond donors (Lipinski definition) is 2. The summed E-state index contributed by atoms with van der Waals surface area (Å²) in [6, 6.07) is 5.84. The Labute approximate surface area is 109 Å². The van der Waals surface area contributed by atoms with Crippen LogP contribution in [0, 0.1) is 0 Å². The first-order valence-electron chi connectivity index (χ1n) is 5.57. The lowest BCUT2D eigenvalue weighted by molar-refractivity contribution is -0.137. The molecule has 0 saturated carbocycles. The van der Waals surface area contributed by atoms with Gasteiger partial charge in [-0.2, -0.15) is 0 Å². The number of carbonyl (C=O) groups is 1. The molecule has 2 aromatic rings. The van der Waals surface area contributed by atoms with Gasteiger partial charge in [0.1, 0.15) is 12.1 Å². The molecule has 2 N–H and O–H groups in total. The van der Waals surface area contributed by atoms with E-state index in [0.717, 1.165) is 16.4 Å². The zero-order chi connectivity index (χ0) is 12.8. The molecule has 0 bridgehead atoms. The summed E-state index contributed by atoms with van der Waals surface area (Å²) >= 11 is 1.62. The molecule has 0 radical (unpaired) electrons. The quantitative estimate of drug-likeness (QED) is 0.783. The number of aliphatic carboxylic acids is 1. The van der Waals surface area contributed by atoms with E-state index in [1.165, 1.54) is 6.33 Å². The molecule has 0 unspecified atom stereocenters. The summed E-state index contributed by atoms with van der Waals surface area (Å²) in [4.78, 5) is 19.8. The Morgan fingerprint density at radius 3 is 3.06 bits per heavy atom. The maximum Gasteiger partial charge on any atom is 0.303 e. The molecule has 0 aliphatic heterocycles. The molecule has 5 nitrogen and oxygen atoms in total. The number of anilines is 1. The van der Waals surface area contributed by atoms with Crippen molar-refractivity contribution in [1.82, 2.24) is 9.97 Å². The van der Waals surface area contributed by atoms with Crippen LogP contribution in [0.5, 0.6) is 0 Å². The van der Waals surface area contributed by atoms with Crippen molar-refractivity contribution in [3.63, 3.8) is 0 Å². The molecule has 0 amide bonds. The van der Waals surface area contributed by atoms with Gasteiger partial charge in [-0.3, -0.25) is 4.79 Å². The molecule has 0 fully saturated rings. The summed E-state index contributed by atoms with van der Waals surface area (Å²) in [5, 5.41) is 13.6. The van der Waals surface area contributed by atoms with Gasteiger partial charge in [-0.1, -0.05) is 6.07 Å². The number of carboxylic acid groups (broad SMARTS) is 1. The van der Waals surface area contributed by atoms with E-state index in [0.29, 0.717) is 13.0 Å². The average molecular weight is 263 g/mol. The largest absolute Gasteiger partial charge is 0.481 e. The number of carboxylic acids is 1. The number of hydrogen-bond acceptors (Lipinski definition) is 5. The van der Waals surface area contributed by atoms with Crippen molar-refractivity contribution in [3.05, 3.63) is 29.9 Å². The minimum atomic E-state index is -0.779. The van der Waals surface area contributed by atoms with Gasteiger partial charge in [0.2, 0.25) is 0 Å². The van der Waals surface area contributed by atoms with Gasteiger partial charge in [0.25, 0.3) is 0 Å². The highest BCUT2D eigenvalue weighted by molar-refractivity contribution is 7.13. The predicted molar refractivity (Wildman–Crippen MR) is 70.7 cm³/mol. The van der Waals surface area contributed by atoms with Crippen molar-refractivity contribution in [2.24, 2.45) is 0 Å². The fourth-order valence-electron chi connectivity index (χ4n) is 1.47. The first kappa shape index (κ1) is 12.5. The van der Waals surface area contributed by atoms with Gasteiger partial charge in [0.15, 0.2) is 0 Å². The molecule has 18 heavy (non-hydrogen) atoms. The molecular weight excluding hydrogens is 250 g/mol. The van der Waals surface area contributed by atoms with Crippen molar-refractivity contribution in [2.45, 2.75) is 12.8 Å². The maximum atomic E-state index is 10.4. The van der Waals surface area contributed by atoms with Crippen LogP contribution in [0.2, 0.25) is 0 Å². The lowest BCUT2D eigenvalue weighted by Crippen LogP contribution is -2.06. The zero-order valence-corrected chi connectivity index (χ0v) is 10.5. The van der Waals surface area contributed by atoms with Crippen molar-refractivity contribution in [1.29, 1.82) is 0 Å². The third-order valence-electron chi connectivity index (χ3n) is 2.31. The van der Waals surface area contributed by atoms with E-state index in [1.54, 1.807) is 11.3 Å². The van der Waals surface area contributed by atoms with Gasteiger partial charge in [0.05, 0.1) is 10.6 Å². The van der Waals surface area contributed by atoms with E-state index < -0.39 is 5.97 Å². The van der Waals surface area contributed by atoms with E-state index >= 15 is 0 Å². The highest BCUT2D eigenvalue weighted by Crippen LogP contribution is 2.23. The van der Waals surface area contributed by atoms with Crippen LogP contribution >= 0.6 is 11.3 Å².